The van der Waals surface area contributed by atoms with Crippen molar-refractivity contribution in [2.45, 2.75) is 11.8 Å². The van der Waals surface area contributed by atoms with E-state index in [1.54, 1.807) is 36.0 Å². The molecule has 0 amide bonds. The number of rotatable bonds is 1. The van der Waals surface area contributed by atoms with Gasteiger partial charge in [0.2, 0.25) is 0 Å². The number of nitrogens with zero attached hydrogens (tertiary/aromatic N) is 4. The number of aryl methyl sites for hydroxylation is 1. The van der Waals surface area contributed by atoms with Crippen LogP contribution in [0.4, 0.5) is 5.69 Å². The monoisotopic (exact) mass is 290 g/mol. The van der Waals surface area contributed by atoms with E-state index < -0.39 is 10.0 Å². The van der Waals surface area contributed by atoms with E-state index in [-0.39, 0.29) is 4.90 Å². The third kappa shape index (κ3) is 1.82. The van der Waals surface area contributed by atoms with Gasteiger partial charge in [-0.25, -0.2) is 13.4 Å². The summed E-state index contributed by atoms with van der Waals surface area (Å²) >= 11 is 0. The highest BCUT2D eigenvalue weighted by atomic mass is 32.2. The molecule has 104 valence electrons. The molecule has 0 bridgehead atoms. The molecule has 1 aliphatic rings. The van der Waals surface area contributed by atoms with Crippen molar-refractivity contribution in [1.29, 1.82) is 0 Å². The largest absolute Gasteiger partial charge is 0.275 e. The molecule has 1 aromatic carbocycles. The smallest absolute Gasteiger partial charge is 0.267 e. The van der Waals surface area contributed by atoms with Crippen molar-refractivity contribution >= 4 is 21.5 Å². The molecule has 1 aliphatic heterocycles. The highest BCUT2D eigenvalue weighted by Crippen LogP contribution is 2.34. The van der Waals surface area contributed by atoms with Gasteiger partial charge in [-0.15, -0.1) is 0 Å². The van der Waals surface area contributed by atoms with E-state index in [0.29, 0.717) is 11.5 Å². The van der Waals surface area contributed by atoms with Crippen LogP contribution in [0.25, 0.3) is 11.1 Å². The van der Waals surface area contributed by atoms with Crippen LogP contribution < -0.4 is 0 Å². The van der Waals surface area contributed by atoms with Gasteiger partial charge in [0.05, 0.1) is 11.9 Å². The molecule has 0 saturated carbocycles. The molecule has 2 heterocycles. The Morgan fingerprint density at radius 1 is 1.15 bits per heavy atom. The van der Waals surface area contributed by atoms with Crippen LogP contribution >= 0.6 is 0 Å². The Hall–Kier alpha value is -2.15. The normalized spacial score (nSPS) is 16.8. The zero-order valence-electron chi connectivity index (χ0n) is 11.4. The summed E-state index contributed by atoms with van der Waals surface area (Å²) < 4.78 is 27.5. The summed E-state index contributed by atoms with van der Waals surface area (Å²) in [6, 6.07) is 5.15. The SMILES string of the molecule is CC1=Nc2cc(-c3cnn(C)c3)ccc2S(=O)(=O)N1C. The Morgan fingerprint density at radius 3 is 2.55 bits per heavy atom. The van der Waals surface area contributed by atoms with Crippen LogP contribution in [0.15, 0.2) is 40.5 Å². The molecule has 0 atom stereocenters. The minimum atomic E-state index is -3.48. The zero-order valence-corrected chi connectivity index (χ0v) is 12.2. The molecular weight excluding hydrogens is 276 g/mol. The number of aliphatic imine (C=N–C) groups is 1. The molecule has 1 aromatic heterocycles. The minimum Gasteiger partial charge on any atom is -0.275 e. The number of aromatic nitrogens is 2. The molecule has 3 rings (SSSR count). The van der Waals surface area contributed by atoms with Crippen molar-refractivity contribution in [2.24, 2.45) is 12.0 Å². The first-order valence-corrected chi connectivity index (χ1v) is 7.51. The molecule has 0 spiro atoms. The summed E-state index contributed by atoms with van der Waals surface area (Å²) in [4.78, 5) is 4.59. The Balaban J connectivity index is 2.19. The fraction of sp³-hybridized carbons (Fsp3) is 0.231. The molecule has 0 N–H and O–H groups in total. The molecule has 0 fully saturated rings. The average molecular weight is 290 g/mol. The second-order valence-electron chi connectivity index (χ2n) is 4.72. The van der Waals surface area contributed by atoms with Crippen LogP contribution in [0.5, 0.6) is 0 Å². The maximum atomic E-state index is 12.3. The van der Waals surface area contributed by atoms with Gasteiger partial charge < -0.3 is 0 Å². The van der Waals surface area contributed by atoms with Crippen molar-refractivity contribution in [3.05, 3.63) is 30.6 Å². The molecule has 2 aromatic rings. The van der Waals surface area contributed by atoms with Crippen LogP contribution in [0, 0.1) is 0 Å². The highest BCUT2D eigenvalue weighted by Gasteiger charge is 2.29. The molecule has 20 heavy (non-hydrogen) atoms. The number of hydrogen-bond donors (Lipinski definition) is 0. The first kappa shape index (κ1) is 12.9. The second-order valence-corrected chi connectivity index (χ2v) is 6.65. The maximum Gasteiger partial charge on any atom is 0.267 e. The van der Waals surface area contributed by atoms with E-state index in [9.17, 15) is 8.42 Å². The lowest BCUT2D eigenvalue weighted by Crippen LogP contribution is -2.33. The fourth-order valence-corrected chi connectivity index (χ4v) is 3.43. The van der Waals surface area contributed by atoms with Crippen LogP contribution in [-0.2, 0) is 17.1 Å². The van der Waals surface area contributed by atoms with Crippen LogP contribution in [0.3, 0.4) is 0 Å². The van der Waals surface area contributed by atoms with Crippen molar-refractivity contribution in [3.63, 3.8) is 0 Å². The third-order valence-corrected chi connectivity index (χ3v) is 5.26. The average Bonchev–Trinajstić information content (AvgIpc) is 2.83. The van der Waals surface area contributed by atoms with Crippen LogP contribution in [0.1, 0.15) is 6.92 Å². The first-order valence-electron chi connectivity index (χ1n) is 6.07. The molecule has 0 radical (unpaired) electrons. The lowest BCUT2D eigenvalue weighted by Gasteiger charge is -2.24. The first-order chi connectivity index (χ1) is 9.39. The number of hydrogen-bond acceptors (Lipinski definition) is 4. The Morgan fingerprint density at radius 2 is 1.90 bits per heavy atom. The highest BCUT2D eigenvalue weighted by molar-refractivity contribution is 7.89. The van der Waals surface area contributed by atoms with Crippen LogP contribution in [0.2, 0.25) is 0 Å². The molecule has 0 saturated heterocycles. The lowest BCUT2D eigenvalue weighted by molar-refractivity contribution is 0.549. The number of fused-ring (bicyclic) bond motifs is 1. The summed E-state index contributed by atoms with van der Waals surface area (Å²) in [5, 5.41) is 4.12. The maximum absolute atomic E-state index is 12.3. The number of benzene rings is 1. The summed E-state index contributed by atoms with van der Waals surface area (Å²) in [6.07, 6.45) is 3.61. The molecular formula is C13H14N4O2S. The summed E-state index contributed by atoms with van der Waals surface area (Å²) in [5.41, 5.74) is 2.30. The van der Waals surface area contributed by atoms with Crippen LogP contribution in [-0.4, -0.2) is 35.4 Å². The van der Waals surface area contributed by atoms with E-state index in [2.05, 4.69) is 10.1 Å². The molecule has 0 unspecified atom stereocenters. The molecule has 0 aliphatic carbocycles. The van der Waals surface area contributed by atoms with E-state index in [4.69, 9.17) is 0 Å². The van der Waals surface area contributed by atoms with Gasteiger partial charge in [-0.3, -0.25) is 8.99 Å². The lowest BCUT2D eigenvalue weighted by atomic mass is 10.1. The Bertz CT molecular complexity index is 821. The standard InChI is InChI=1S/C13H14N4O2S/c1-9-15-12-6-10(11-7-14-16(2)8-11)4-5-13(12)20(18,19)17(9)3/h4-8H,1-3H3. The van der Waals surface area contributed by atoms with Gasteiger partial charge in [0.25, 0.3) is 10.0 Å². The van der Waals surface area contributed by atoms with E-state index in [1.807, 2.05) is 13.2 Å². The van der Waals surface area contributed by atoms with Crippen molar-refractivity contribution < 1.29 is 8.42 Å². The van der Waals surface area contributed by atoms with E-state index in [1.165, 1.54) is 11.4 Å². The quantitative estimate of drug-likeness (QED) is 0.804. The van der Waals surface area contributed by atoms with Gasteiger partial charge in [0, 0.05) is 25.9 Å². The minimum absolute atomic E-state index is 0.234. The third-order valence-electron chi connectivity index (χ3n) is 3.37. The summed E-state index contributed by atoms with van der Waals surface area (Å²) in [7, 11) is -0.139. The molecule has 7 heteroatoms. The van der Waals surface area contributed by atoms with Gasteiger partial charge >= 0.3 is 0 Å². The van der Waals surface area contributed by atoms with Gasteiger partial charge in [-0.1, -0.05) is 6.07 Å². The Labute approximate surface area is 117 Å². The topological polar surface area (TPSA) is 67.6 Å². The zero-order chi connectivity index (χ0) is 14.5. The van der Waals surface area contributed by atoms with Gasteiger partial charge in [-0.2, -0.15) is 5.10 Å². The predicted molar refractivity (Wildman–Crippen MR) is 76.4 cm³/mol. The predicted octanol–water partition coefficient (Wildman–Crippen LogP) is 1.77. The van der Waals surface area contributed by atoms with E-state index in [0.717, 1.165) is 11.1 Å². The van der Waals surface area contributed by atoms with Gasteiger partial charge in [-0.05, 0) is 24.6 Å². The van der Waals surface area contributed by atoms with Gasteiger partial charge in [0.15, 0.2) is 0 Å². The summed E-state index contributed by atoms with van der Waals surface area (Å²) in [5.74, 6) is 0.459. The number of amidine groups is 1. The summed E-state index contributed by atoms with van der Waals surface area (Å²) in [6.45, 7) is 1.68. The van der Waals surface area contributed by atoms with Gasteiger partial charge in [0.1, 0.15) is 10.7 Å². The Kier molecular flexibility index (Phi) is 2.68. The van der Waals surface area contributed by atoms with Crippen molar-refractivity contribution in [3.8, 4) is 11.1 Å². The van der Waals surface area contributed by atoms with Crippen molar-refractivity contribution in [1.82, 2.24) is 14.1 Å². The second kappa shape index (κ2) is 4.17. The molecule has 6 nitrogen and oxygen atoms in total. The van der Waals surface area contributed by atoms with Crippen molar-refractivity contribution in [2.75, 3.05) is 7.05 Å². The van der Waals surface area contributed by atoms with E-state index >= 15 is 0 Å². The fourth-order valence-electron chi connectivity index (χ4n) is 2.14. The number of sulfonamides is 1.